The van der Waals surface area contributed by atoms with Gasteiger partial charge in [0.15, 0.2) is 0 Å². The third-order valence-corrected chi connectivity index (χ3v) is 3.12. The molecule has 0 atom stereocenters. The molecule has 1 N–H and O–H groups in total. The summed E-state index contributed by atoms with van der Waals surface area (Å²) < 4.78 is 10.8. The number of carbonyl (C=O) groups is 1. The monoisotopic (exact) mass is 291 g/mol. The maximum absolute atomic E-state index is 10.6. The summed E-state index contributed by atoms with van der Waals surface area (Å²) in [7, 11) is 1.55. The predicted molar refractivity (Wildman–Crippen MR) is 76.1 cm³/mol. The molecule has 1 aromatic carbocycles. The normalized spacial score (nSPS) is 10.7. The Balaban J connectivity index is 2.19. The second kappa shape index (κ2) is 6.72. The molecule has 20 heavy (non-hydrogen) atoms. The molecule has 0 spiro atoms. The number of hydrogen-bond donors (Lipinski definition) is 1. The van der Waals surface area contributed by atoms with Crippen LogP contribution in [0.4, 0.5) is 0 Å². The Morgan fingerprint density at radius 3 is 3.00 bits per heavy atom. The number of aromatic nitrogens is 1. The van der Waals surface area contributed by atoms with Crippen molar-refractivity contribution in [3.8, 4) is 11.5 Å². The van der Waals surface area contributed by atoms with Crippen molar-refractivity contribution in [1.29, 1.82) is 0 Å². The van der Waals surface area contributed by atoms with Crippen LogP contribution in [0.2, 0.25) is 0 Å². The number of ether oxygens (including phenoxy) is 2. The van der Waals surface area contributed by atoms with Crippen LogP contribution in [-0.4, -0.2) is 23.2 Å². The molecule has 104 valence electrons. The summed E-state index contributed by atoms with van der Waals surface area (Å²) in [4.78, 5) is 14.7. The van der Waals surface area contributed by atoms with Gasteiger partial charge in [-0.05, 0) is 24.3 Å². The van der Waals surface area contributed by atoms with E-state index < -0.39 is 5.97 Å². The molecule has 0 amide bonds. The number of nitrogens with zero attached hydrogens (tertiary/aromatic N) is 1. The van der Waals surface area contributed by atoms with Gasteiger partial charge in [-0.2, -0.15) is 0 Å². The second-order valence-electron chi connectivity index (χ2n) is 3.84. The van der Waals surface area contributed by atoms with Gasteiger partial charge in [0, 0.05) is 17.0 Å². The Morgan fingerprint density at radius 2 is 2.35 bits per heavy atom. The Morgan fingerprint density at radius 1 is 1.50 bits per heavy atom. The minimum absolute atomic E-state index is 0.337. The highest BCUT2D eigenvalue weighted by Crippen LogP contribution is 2.26. The summed E-state index contributed by atoms with van der Waals surface area (Å²) in [6, 6.07) is 5.22. The fraction of sp³-hybridized carbons (Fsp3) is 0.143. The minimum Gasteiger partial charge on any atom is -0.497 e. The van der Waals surface area contributed by atoms with Gasteiger partial charge in [0.25, 0.3) is 0 Å². The first-order chi connectivity index (χ1) is 9.69. The lowest BCUT2D eigenvalue weighted by Crippen LogP contribution is -1.98. The largest absolute Gasteiger partial charge is 0.497 e. The number of rotatable bonds is 6. The van der Waals surface area contributed by atoms with E-state index in [1.807, 2.05) is 5.38 Å². The number of hydrogen-bond acceptors (Lipinski definition) is 5. The molecule has 6 heteroatoms. The molecule has 0 saturated heterocycles. The molecule has 0 radical (unpaired) electrons. The van der Waals surface area contributed by atoms with Crippen LogP contribution in [0.3, 0.4) is 0 Å². The van der Waals surface area contributed by atoms with E-state index in [1.165, 1.54) is 17.4 Å². The third kappa shape index (κ3) is 3.83. The van der Waals surface area contributed by atoms with Gasteiger partial charge in [-0.15, -0.1) is 11.3 Å². The van der Waals surface area contributed by atoms with Crippen molar-refractivity contribution in [3.63, 3.8) is 0 Å². The zero-order chi connectivity index (χ0) is 14.4. The average molecular weight is 291 g/mol. The van der Waals surface area contributed by atoms with E-state index in [2.05, 4.69) is 4.98 Å². The van der Waals surface area contributed by atoms with Crippen molar-refractivity contribution in [1.82, 2.24) is 4.98 Å². The Bertz CT molecular complexity index is 608. The van der Waals surface area contributed by atoms with Gasteiger partial charge in [0.2, 0.25) is 0 Å². The van der Waals surface area contributed by atoms with Gasteiger partial charge >= 0.3 is 5.97 Å². The molecular formula is C14H13NO4S. The first kappa shape index (κ1) is 14.1. The number of carboxylic acid groups (broad SMARTS) is 1. The van der Waals surface area contributed by atoms with Crippen LogP contribution in [-0.2, 0) is 11.4 Å². The van der Waals surface area contributed by atoms with E-state index in [0.717, 1.165) is 11.8 Å². The predicted octanol–water partition coefficient (Wildman–Crippen LogP) is 2.83. The smallest absolute Gasteiger partial charge is 0.328 e. The number of aliphatic carboxylic acids is 1. The van der Waals surface area contributed by atoms with Gasteiger partial charge in [0.1, 0.15) is 18.1 Å². The van der Waals surface area contributed by atoms with Crippen molar-refractivity contribution >= 4 is 23.4 Å². The van der Waals surface area contributed by atoms with Crippen molar-refractivity contribution in [2.24, 2.45) is 0 Å². The maximum Gasteiger partial charge on any atom is 0.328 e. The van der Waals surface area contributed by atoms with E-state index in [0.29, 0.717) is 23.7 Å². The highest BCUT2D eigenvalue weighted by molar-refractivity contribution is 7.07. The van der Waals surface area contributed by atoms with Crippen LogP contribution in [0.1, 0.15) is 11.3 Å². The number of methoxy groups -OCH3 is 1. The third-order valence-electron chi connectivity index (χ3n) is 2.48. The number of thiazole rings is 1. The van der Waals surface area contributed by atoms with Crippen molar-refractivity contribution in [2.45, 2.75) is 6.61 Å². The zero-order valence-corrected chi connectivity index (χ0v) is 11.6. The topological polar surface area (TPSA) is 68.7 Å². The van der Waals surface area contributed by atoms with Crippen molar-refractivity contribution in [3.05, 3.63) is 46.4 Å². The molecule has 5 nitrogen and oxygen atoms in total. The molecule has 0 aliphatic heterocycles. The number of benzene rings is 1. The summed E-state index contributed by atoms with van der Waals surface area (Å²) in [6.45, 7) is 0.337. The fourth-order valence-corrected chi connectivity index (χ4v) is 2.08. The summed E-state index contributed by atoms with van der Waals surface area (Å²) in [5, 5.41) is 10.6. The Hall–Kier alpha value is -2.34. The standard InChI is InChI=1S/C14H13NO4S/c1-18-12-3-4-13(10(6-12)2-5-14(16)17)19-7-11-8-20-9-15-11/h2-6,8-9H,7H2,1H3,(H,16,17). The highest BCUT2D eigenvalue weighted by atomic mass is 32.1. The van der Waals surface area contributed by atoms with Gasteiger partial charge in [-0.1, -0.05) is 0 Å². The van der Waals surface area contributed by atoms with Gasteiger partial charge in [-0.25, -0.2) is 9.78 Å². The molecule has 0 saturated carbocycles. The molecule has 2 aromatic rings. The molecule has 0 aliphatic carbocycles. The molecule has 0 aliphatic rings. The van der Waals surface area contributed by atoms with Crippen LogP contribution in [0.15, 0.2) is 35.2 Å². The molecule has 2 rings (SSSR count). The average Bonchev–Trinajstić information content (AvgIpc) is 2.96. The molecule has 1 heterocycles. The molecule has 0 fully saturated rings. The van der Waals surface area contributed by atoms with Crippen LogP contribution < -0.4 is 9.47 Å². The molecule has 1 aromatic heterocycles. The summed E-state index contributed by atoms with van der Waals surface area (Å²) in [6.07, 6.45) is 2.53. The molecule has 0 bridgehead atoms. The fourth-order valence-electron chi connectivity index (χ4n) is 1.54. The SMILES string of the molecule is COc1ccc(OCc2cscn2)c(C=CC(=O)O)c1. The van der Waals surface area contributed by atoms with Gasteiger partial charge in [-0.3, -0.25) is 0 Å². The number of carboxylic acids is 1. The van der Waals surface area contributed by atoms with E-state index in [4.69, 9.17) is 14.6 Å². The van der Waals surface area contributed by atoms with Gasteiger partial charge < -0.3 is 14.6 Å². The quantitative estimate of drug-likeness (QED) is 0.829. The van der Waals surface area contributed by atoms with E-state index >= 15 is 0 Å². The van der Waals surface area contributed by atoms with E-state index in [9.17, 15) is 4.79 Å². The minimum atomic E-state index is -1.02. The first-order valence-corrected chi connectivity index (χ1v) is 6.72. The summed E-state index contributed by atoms with van der Waals surface area (Å²) in [5.74, 6) is 0.200. The van der Waals surface area contributed by atoms with Gasteiger partial charge in [0.05, 0.1) is 18.3 Å². The van der Waals surface area contributed by atoms with Crippen molar-refractivity contribution in [2.75, 3.05) is 7.11 Å². The van der Waals surface area contributed by atoms with Crippen LogP contribution in [0.25, 0.3) is 6.08 Å². The van der Waals surface area contributed by atoms with E-state index in [-0.39, 0.29) is 0 Å². The summed E-state index contributed by atoms with van der Waals surface area (Å²) in [5.41, 5.74) is 3.21. The Labute approximate surface area is 120 Å². The van der Waals surface area contributed by atoms with Crippen LogP contribution >= 0.6 is 11.3 Å². The Kier molecular flexibility index (Phi) is 4.73. The first-order valence-electron chi connectivity index (χ1n) is 5.78. The van der Waals surface area contributed by atoms with E-state index in [1.54, 1.807) is 30.8 Å². The summed E-state index contributed by atoms with van der Waals surface area (Å²) >= 11 is 1.50. The molecular weight excluding hydrogens is 278 g/mol. The van der Waals surface area contributed by atoms with Crippen LogP contribution in [0, 0.1) is 0 Å². The lowest BCUT2D eigenvalue weighted by atomic mass is 10.1. The van der Waals surface area contributed by atoms with Crippen molar-refractivity contribution < 1.29 is 19.4 Å². The van der Waals surface area contributed by atoms with Crippen LogP contribution in [0.5, 0.6) is 11.5 Å². The lowest BCUT2D eigenvalue weighted by molar-refractivity contribution is -0.131. The zero-order valence-electron chi connectivity index (χ0n) is 10.8. The molecule has 0 unspecified atom stereocenters. The maximum atomic E-state index is 10.6. The second-order valence-corrected chi connectivity index (χ2v) is 4.56. The highest BCUT2D eigenvalue weighted by Gasteiger charge is 2.05. The lowest BCUT2D eigenvalue weighted by Gasteiger charge is -2.09.